The fraction of sp³-hybridized carbons (Fsp3) is 0.412. The number of nitrogens with two attached hydrogens (primary N) is 1. The van der Waals surface area contributed by atoms with Gasteiger partial charge < -0.3 is 15.4 Å². The van der Waals surface area contributed by atoms with E-state index in [1.165, 1.54) is 0 Å². The van der Waals surface area contributed by atoms with Crippen molar-refractivity contribution in [1.82, 2.24) is 10.2 Å². The monoisotopic (exact) mass is 298 g/mol. The van der Waals surface area contributed by atoms with Crippen LogP contribution in [-0.4, -0.2) is 36.9 Å². The highest BCUT2D eigenvalue weighted by Gasteiger charge is 2.19. The van der Waals surface area contributed by atoms with Crippen molar-refractivity contribution >= 4 is 5.82 Å². The van der Waals surface area contributed by atoms with E-state index in [1.54, 1.807) is 7.11 Å². The summed E-state index contributed by atoms with van der Waals surface area (Å²) in [5.41, 5.74) is 7.66. The molecular formula is C17H22N4O. The summed E-state index contributed by atoms with van der Waals surface area (Å²) in [5, 5.41) is 8.75. The van der Waals surface area contributed by atoms with Crippen molar-refractivity contribution in [3.8, 4) is 17.0 Å². The quantitative estimate of drug-likeness (QED) is 0.938. The molecule has 0 unspecified atom stereocenters. The molecule has 0 saturated carbocycles. The van der Waals surface area contributed by atoms with Crippen LogP contribution in [0.2, 0.25) is 0 Å². The van der Waals surface area contributed by atoms with Crippen LogP contribution in [0.1, 0.15) is 12.8 Å². The maximum absolute atomic E-state index is 5.74. The summed E-state index contributed by atoms with van der Waals surface area (Å²) < 4.78 is 5.17. The van der Waals surface area contributed by atoms with Gasteiger partial charge in [0.25, 0.3) is 0 Å². The molecule has 0 aliphatic carbocycles. The van der Waals surface area contributed by atoms with E-state index in [9.17, 15) is 0 Å². The number of piperidine rings is 1. The Morgan fingerprint density at radius 3 is 2.36 bits per heavy atom. The Morgan fingerprint density at radius 1 is 1.09 bits per heavy atom. The van der Waals surface area contributed by atoms with Crippen molar-refractivity contribution in [3.63, 3.8) is 0 Å². The van der Waals surface area contributed by atoms with E-state index in [-0.39, 0.29) is 0 Å². The second kappa shape index (κ2) is 6.75. The highest BCUT2D eigenvalue weighted by atomic mass is 16.5. The second-order valence-electron chi connectivity index (χ2n) is 5.67. The van der Waals surface area contributed by atoms with E-state index in [4.69, 9.17) is 10.5 Å². The first-order valence-corrected chi connectivity index (χ1v) is 7.73. The average molecular weight is 298 g/mol. The molecule has 1 aliphatic rings. The molecule has 2 aromatic rings. The average Bonchev–Trinajstić information content (AvgIpc) is 2.62. The van der Waals surface area contributed by atoms with Crippen molar-refractivity contribution in [2.45, 2.75) is 12.8 Å². The Morgan fingerprint density at radius 2 is 1.82 bits per heavy atom. The molecule has 3 rings (SSSR count). The Balaban J connectivity index is 1.69. The highest BCUT2D eigenvalue weighted by Crippen LogP contribution is 2.24. The maximum Gasteiger partial charge on any atom is 0.151 e. The zero-order valence-electron chi connectivity index (χ0n) is 12.9. The van der Waals surface area contributed by atoms with Crippen LogP contribution in [-0.2, 0) is 0 Å². The van der Waals surface area contributed by atoms with Crippen LogP contribution in [0.15, 0.2) is 36.4 Å². The minimum absolute atomic E-state index is 0.655. The van der Waals surface area contributed by atoms with Crippen molar-refractivity contribution in [1.29, 1.82) is 0 Å². The number of ether oxygens (including phenoxy) is 1. The number of nitrogens with zero attached hydrogens (tertiary/aromatic N) is 3. The molecule has 0 atom stereocenters. The smallest absolute Gasteiger partial charge is 0.151 e. The normalized spacial score (nSPS) is 15.8. The van der Waals surface area contributed by atoms with E-state index in [1.807, 2.05) is 30.3 Å². The third-order valence-electron chi connectivity index (χ3n) is 4.31. The predicted molar refractivity (Wildman–Crippen MR) is 88.0 cm³/mol. The molecule has 0 spiro atoms. The van der Waals surface area contributed by atoms with Gasteiger partial charge in [-0.15, -0.1) is 10.2 Å². The molecule has 1 aliphatic heterocycles. The number of methoxy groups -OCH3 is 1. The Bertz CT molecular complexity index is 589. The molecular weight excluding hydrogens is 276 g/mol. The molecule has 116 valence electrons. The molecule has 1 aromatic carbocycles. The maximum atomic E-state index is 5.74. The Kier molecular flexibility index (Phi) is 4.53. The second-order valence-corrected chi connectivity index (χ2v) is 5.67. The van der Waals surface area contributed by atoms with Gasteiger partial charge >= 0.3 is 0 Å². The molecule has 2 N–H and O–H groups in total. The van der Waals surface area contributed by atoms with Gasteiger partial charge in [0.05, 0.1) is 12.8 Å². The van der Waals surface area contributed by atoms with Gasteiger partial charge in [0.15, 0.2) is 5.82 Å². The van der Waals surface area contributed by atoms with Crippen molar-refractivity contribution in [2.75, 3.05) is 31.6 Å². The minimum Gasteiger partial charge on any atom is -0.497 e. The summed E-state index contributed by atoms with van der Waals surface area (Å²) in [7, 11) is 1.66. The van der Waals surface area contributed by atoms with Crippen LogP contribution >= 0.6 is 0 Å². The summed E-state index contributed by atoms with van der Waals surface area (Å²) >= 11 is 0. The highest BCUT2D eigenvalue weighted by molar-refractivity contribution is 5.60. The summed E-state index contributed by atoms with van der Waals surface area (Å²) in [6.45, 7) is 2.81. The van der Waals surface area contributed by atoms with Gasteiger partial charge in [0.1, 0.15) is 5.75 Å². The lowest BCUT2D eigenvalue weighted by atomic mass is 9.97. The largest absolute Gasteiger partial charge is 0.497 e. The Hall–Kier alpha value is -2.14. The van der Waals surface area contributed by atoms with E-state index in [0.717, 1.165) is 55.3 Å². The summed E-state index contributed by atoms with van der Waals surface area (Å²) in [6, 6.07) is 11.9. The molecule has 1 aromatic heterocycles. The van der Waals surface area contributed by atoms with Gasteiger partial charge in [-0.1, -0.05) is 0 Å². The van der Waals surface area contributed by atoms with Crippen molar-refractivity contribution < 1.29 is 4.74 Å². The topological polar surface area (TPSA) is 64.3 Å². The van der Waals surface area contributed by atoms with E-state index >= 15 is 0 Å². The molecule has 5 heteroatoms. The lowest BCUT2D eigenvalue weighted by Crippen LogP contribution is -2.36. The van der Waals surface area contributed by atoms with Crippen molar-refractivity contribution in [3.05, 3.63) is 36.4 Å². The fourth-order valence-corrected chi connectivity index (χ4v) is 2.81. The molecule has 1 saturated heterocycles. The number of aromatic nitrogens is 2. The van der Waals surface area contributed by atoms with Crippen LogP contribution in [0.3, 0.4) is 0 Å². The third-order valence-corrected chi connectivity index (χ3v) is 4.31. The van der Waals surface area contributed by atoms with Gasteiger partial charge in [-0.05, 0) is 61.7 Å². The van der Waals surface area contributed by atoms with Gasteiger partial charge in [-0.2, -0.15) is 0 Å². The number of rotatable bonds is 4. The van der Waals surface area contributed by atoms with Gasteiger partial charge in [0, 0.05) is 18.7 Å². The van der Waals surface area contributed by atoms with E-state index < -0.39 is 0 Å². The van der Waals surface area contributed by atoms with E-state index in [0.29, 0.717) is 5.92 Å². The third kappa shape index (κ3) is 3.20. The molecule has 0 bridgehead atoms. The lowest BCUT2D eigenvalue weighted by molar-refractivity contribution is 0.412. The molecule has 5 nitrogen and oxygen atoms in total. The van der Waals surface area contributed by atoms with E-state index in [2.05, 4.69) is 21.2 Å². The SMILES string of the molecule is COc1ccc(-c2ccc(N3CCC(CN)CC3)nn2)cc1. The van der Waals surface area contributed by atoms with Crippen LogP contribution in [0.25, 0.3) is 11.3 Å². The molecule has 1 fully saturated rings. The number of benzene rings is 1. The van der Waals surface area contributed by atoms with Gasteiger partial charge in [-0.25, -0.2) is 0 Å². The first-order chi connectivity index (χ1) is 10.8. The molecule has 2 heterocycles. The van der Waals surface area contributed by atoms with Gasteiger partial charge in [0.2, 0.25) is 0 Å². The standard InChI is InChI=1S/C17H22N4O/c1-22-15-4-2-14(3-5-15)16-6-7-17(20-19-16)21-10-8-13(12-18)9-11-21/h2-7,13H,8-12,18H2,1H3. The lowest BCUT2D eigenvalue weighted by Gasteiger charge is -2.31. The molecule has 0 radical (unpaired) electrons. The van der Waals surface area contributed by atoms with Crippen LogP contribution in [0, 0.1) is 5.92 Å². The van der Waals surface area contributed by atoms with Crippen LogP contribution in [0.4, 0.5) is 5.82 Å². The number of anilines is 1. The summed E-state index contributed by atoms with van der Waals surface area (Å²) in [6.07, 6.45) is 2.27. The summed E-state index contributed by atoms with van der Waals surface area (Å²) in [5.74, 6) is 2.45. The fourth-order valence-electron chi connectivity index (χ4n) is 2.81. The first-order valence-electron chi connectivity index (χ1n) is 7.73. The zero-order valence-corrected chi connectivity index (χ0v) is 12.9. The van der Waals surface area contributed by atoms with Crippen molar-refractivity contribution in [2.24, 2.45) is 11.7 Å². The summed E-state index contributed by atoms with van der Waals surface area (Å²) in [4.78, 5) is 2.29. The van der Waals surface area contributed by atoms with Crippen LogP contribution in [0.5, 0.6) is 5.75 Å². The van der Waals surface area contributed by atoms with Gasteiger partial charge in [-0.3, -0.25) is 0 Å². The zero-order chi connectivity index (χ0) is 15.4. The number of hydrogen-bond acceptors (Lipinski definition) is 5. The molecule has 0 amide bonds. The number of hydrogen-bond donors (Lipinski definition) is 1. The predicted octanol–water partition coefficient (Wildman–Crippen LogP) is 2.33. The van der Waals surface area contributed by atoms with Crippen LogP contribution < -0.4 is 15.4 Å². The minimum atomic E-state index is 0.655. The Labute approximate surface area is 131 Å². The molecule has 22 heavy (non-hydrogen) atoms. The first kappa shape index (κ1) is 14.8.